The van der Waals surface area contributed by atoms with Crippen LogP contribution in [-0.2, 0) is 30.7 Å². The molecule has 1 amide bonds. The fourth-order valence-electron chi connectivity index (χ4n) is 7.69. The van der Waals surface area contributed by atoms with Gasteiger partial charge in [-0.05, 0) is 74.1 Å². The van der Waals surface area contributed by atoms with Gasteiger partial charge in [-0.25, -0.2) is 22.5 Å². The molecule has 54 heavy (non-hydrogen) atoms. The molecule has 2 aliphatic carbocycles. The second kappa shape index (κ2) is 13.1. The molecular weight excluding hydrogens is 716 g/mol. The molecule has 2 aliphatic rings. The van der Waals surface area contributed by atoms with Crippen LogP contribution < -0.4 is 15.8 Å². The van der Waals surface area contributed by atoms with Crippen LogP contribution in [0.25, 0.3) is 22.0 Å². The first-order chi connectivity index (χ1) is 25.4. The number of nitrogens with zero attached hydrogens (tertiary/aromatic N) is 5. The van der Waals surface area contributed by atoms with Gasteiger partial charge in [0.15, 0.2) is 5.82 Å². The first-order valence-electron chi connectivity index (χ1n) is 17.0. The first kappa shape index (κ1) is 36.8. The summed E-state index contributed by atoms with van der Waals surface area (Å²) < 4.78 is 96.1. The molecule has 10 nitrogen and oxygen atoms in total. The Kier molecular flexibility index (Phi) is 8.91. The lowest BCUT2D eigenvalue weighted by Gasteiger charge is -2.23. The lowest BCUT2D eigenvalue weighted by molar-refractivity contribution is -0.123. The van der Waals surface area contributed by atoms with E-state index in [1.165, 1.54) is 25.6 Å². The third kappa shape index (κ3) is 6.40. The standard InChI is InChI=1S/C38H35F6N7O3/c1-17-27-29-32(35(41)42)48-51(34(29)38(43,44)30(17)27)16-26(52)47-24(14-18-12-19(39)15-20(40)13-18)31-22(7-6-21(46-31)10-11-37(2,3)53)23-8-9-25(54-5)28-33(23)50(4)49-36(28)45/h6-9,12-13,15,17,24,27,30,35,53H,14,16H2,1-5H3,(H2,45,49)(H,47,52)/t17-,24+,27-,30-/m1/s1. The van der Waals surface area contributed by atoms with E-state index in [0.29, 0.717) is 38.5 Å². The molecule has 0 bridgehead atoms. The van der Waals surface area contributed by atoms with Gasteiger partial charge < -0.3 is 20.9 Å². The monoisotopic (exact) mass is 751 g/mol. The number of aromatic nitrogens is 5. The molecule has 0 spiro atoms. The van der Waals surface area contributed by atoms with E-state index in [0.717, 1.165) is 12.1 Å². The minimum atomic E-state index is -3.49. The van der Waals surface area contributed by atoms with Gasteiger partial charge in [0.25, 0.3) is 12.3 Å². The lowest BCUT2D eigenvalue weighted by atomic mass is 9.93. The Labute approximate surface area is 305 Å². The van der Waals surface area contributed by atoms with Gasteiger partial charge >= 0.3 is 0 Å². The van der Waals surface area contributed by atoms with Gasteiger partial charge in [0.2, 0.25) is 5.91 Å². The number of nitrogen functional groups attached to an aromatic ring is 1. The molecule has 5 aromatic rings. The number of nitrogens with one attached hydrogen (secondary N) is 1. The predicted molar refractivity (Wildman–Crippen MR) is 186 cm³/mol. The van der Waals surface area contributed by atoms with Crippen LogP contribution in [0.4, 0.5) is 32.2 Å². The minimum absolute atomic E-state index is 0.101. The highest BCUT2D eigenvalue weighted by Crippen LogP contribution is 2.71. The summed E-state index contributed by atoms with van der Waals surface area (Å²) >= 11 is 0. The number of methoxy groups -OCH3 is 1. The number of fused-ring (bicyclic) bond motifs is 4. The molecule has 1 saturated carbocycles. The van der Waals surface area contributed by atoms with Crippen molar-refractivity contribution in [1.29, 1.82) is 0 Å². The van der Waals surface area contributed by atoms with Crippen molar-refractivity contribution in [1.82, 2.24) is 29.9 Å². The van der Waals surface area contributed by atoms with Gasteiger partial charge in [0.05, 0.1) is 29.7 Å². The van der Waals surface area contributed by atoms with Crippen molar-refractivity contribution in [3.05, 3.63) is 88.0 Å². The second-order valence-corrected chi connectivity index (χ2v) is 14.2. The van der Waals surface area contributed by atoms with Crippen LogP contribution in [0.1, 0.15) is 73.1 Å². The molecule has 0 saturated heterocycles. The number of aryl methyl sites for hydroxylation is 1. The smallest absolute Gasteiger partial charge is 0.293 e. The Morgan fingerprint density at radius 3 is 2.43 bits per heavy atom. The summed E-state index contributed by atoms with van der Waals surface area (Å²) in [6.07, 6.45) is -3.42. The lowest BCUT2D eigenvalue weighted by Crippen LogP contribution is -2.35. The molecule has 16 heteroatoms. The summed E-state index contributed by atoms with van der Waals surface area (Å²) in [5.74, 6) is -2.64. The predicted octanol–water partition coefficient (Wildman–Crippen LogP) is 6.32. The van der Waals surface area contributed by atoms with Crippen LogP contribution in [0.5, 0.6) is 5.75 Å². The number of ether oxygens (including phenoxy) is 1. The van der Waals surface area contributed by atoms with Crippen LogP contribution in [0, 0.1) is 35.3 Å². The van der Waals surface area contributed by atoms with Crippen molar-refractivity contribution in [2.24, 2.45) is 18.9 Å². The maximum absolute atomic E-state index is 15.6. The quantitative estimate of drug-likeness (QED) is 0.119. The summed E-state index contributed by atoms with van der Waals surface area (Å²) in [4.78, 5) is 18.7. The zero-order valence-corrected chi connectivity index (χ0v) is 29.7. The highest BCUT2D eigenvalue weighted by atomic mass is 19.3. The Balaban J connectivity index is 1.37. The molecule has 3 heterocycles. The van der Waals surface area contributed by atoms with E-state index >= 15 is 8.78 Å². The molecule has 0 aliphatic heterocycles. The third-order valence-corrected chi connectivity index (χ3v) is 9.90. The van der Waals surface area contributed by atoms with Crippen LogP contribution in [-0.4, -0.2) is 48.3 Å². The Morgan fingerprint density at radius 1 is 1.09 bits per heavy atom. The number of nitrogens with two attached hydrogens (primary N) is 1. The van der Waals surface area contributed by atoms with Gasteiger partial charge in [-0.15, -0.1) is 0 Å². The number of halogens is 6. The Morgan fingerprint density at radius 2 is 1.78 bits per heavy atom. The number of benzene rings is 2. The van der Waals surface area contributed by atoms with Gasteiger partial charge in [0, 0.05) is 41.6 Å². The molecule has 4 N–H and O–H groups in total. The Bertz CT molecular complexity index is 2370. The summed E-state index contributed by atoms with van der Waals surface area (Å²) in [6.45, 7) is 3.63. The number of anilines is 1. The van der Waals surface area contributed by atoms with Crippen molar-refractivity contribution < 1.29 is 41.0 Å². The van der Waals surface area contributed by atoms with Crippen LogP contribution >= 0.6 is 0 Å². The summed E-state index contributed by atoms with van der Waals surface area (Å²) in [5, 5.41) is 21.7. The molecule has 0 radical (unpaired) electrons. The van der Waals surface area contributed by atoms with Crippen molar-refractivity contribution >= 4 is 22.6 Å². The van der Waals surface area contributed by atoms with E-state index in [-0.39, 0.29) is 34.8 Å². The van der Waals surface area contributed by atoms with Crippen LogP contribution in [0.15, 0.2) is 42.5 Å². The molecule has 2 aromatic carbocycles. The number of alkyl halides is 4. The SMILES string of the molecule is COc1ccc(-c2ccc(C#CC(C)(C)O)nc2[C@H](Cc2cc(F)cc(F)c2)NC(=O)Cn2nc(C(F)F)c3c2C(F)(F)[C@@H]2[C@H](C)[C@H]32)c2c1c(N)nn2C. The first-order valence-corrected chi connectivity index (χ1v) is 17.0. The largest absolute Gasteiger partial charge is 0.496 e. The fourth-order valence-corrected chi connectivity index (χ4v) is 7.69. The number of amides is 1. The number of rotatable bonds is 9. The molecule has 282 valence electrons. The zero-order chi connectivity index (χ0) is 39.0. The summed E-state index contributed by atoms with van der Waals surface area (Å²) in [5.41, 5.74) is 4.89. The number of aliphatic hydroxyl groups is 1. The number of hydrogen-bond donors (Lipinski definition) is 3. The van der Waals surface area contributed by atoms with E-state index in [9.17, 15) is 27.5 Å². The van der Waals surface area contributed by atoms with Gasteiger partial charge in [-0.1, -0.05) is 12.8 Å². The van der Waals surface area contributed by atoms with E-state index < -0.39 is 77.2 Å². The zero-order valence-electron chi connectivity index (χ0n) is 29.7. The number of carbonyl (C=O) groups excluding carboxylic acids is 1. The van der Waals surface area contributed by atoms with Crippen LogP contribution in [0.2, 0.25) is 0 Å². The third-order valence-electron chi connectivity index (χ3n) is 9.90. The van der Waals surface area contributed by atoms with Crippen molar-refractivity contribution in [2.75, 3.05) is 12.8 Å². The average molecular weight is 752 g/mol. The number of hydrogen-bond acceptors (Lipinski definition) is 7. The molecule has 4 atom stereocenters. The normalized spacial score (nSPS) is 18.9. The van der Waals surface area contributed by atoms with Crippen molar-refractivity contribution in [2.45, 2.75) is 63.6 Å². The van der Waals surface area contributed by atoms with E-state index in [4.69, 9.17) is 15.5 Å². The molecule has 1 fully saturated rings. The molecule has 7 rings (SSSR count). The Hall–Kier alpha value is -5.56. The number of carbonyl (C=O) groups is 1. The maximum atomic E-state index is 15.6. The summed E-state index contributed by atoms with van der Waals surface area (Å²) in [6, 6.07) is 8.16. The van der Waals surface area contributed by atoms with Crippen LogP contribution in [0.3, 0.4) is 0 Å². The van der Waals surface area contributed by atoms with E-state index in [1.54, 1.807) is 38.2 Å². The molecule has 0 unspecified atom stereocenters. The highest BCUT2D eigenvalue weighted by molar-refractivity contribution is 6.03. The van der Waals surface area contributed by atoms with Gasteiger partial charge in [-0.3, -0.25) is 14.2 Å². The van der Waals surface area contributed by atoms with E-state index in [1.807, 2.05) is 0 Å². The highest BCUT2D eigenvalue weighted by Gasteiger charge is 2.71. The van der Waals surface area contributed by atoms with Crippen molar-refractivity contribution in [3.8, 4) is 28.7 Å². The second-order valence-electron chi connectivity index (χ2n) is 14.2. The van der Waals surface area contributed by atoms with Crippen molar-refractivity contribution in [3.63, 3.8) is 0 Å². The average Bonchev–Trinajstić information content (AvgIpc) is 3.32. The molecular formula is C38H35F6N7O3. The topological polar surface area (TPSA) is 133 Å². The maximum Gasteiger partial charge on any atom is 0.293 e. The number of pyridine rings is 1. The fraction of sp³-hybridized carbons (Fsp3) is 0.368. The minimum Gasteiger partial charge on any atom is -0.496 e. The van der Waals surface area contributed by atoms with E-state index in [2.05, 4.69) is 27.4 Å². The van der Waals surface area contributed by atoms with Gasteiger partial charge in [-0.2, -0.15) is 19.0 Å². The summed E-state index contributed by atoms with van der Waals surface area (Å²) in [7, 11) is 3.12. The van der Waals surface area contributed by atoms with Gasteiger partial charge in [0.1, 0.15) is 46.6 Å². The molecule has 3 aromatic heterocycles.